The summed E-state index contributed by atoms with van der Waals surface area (Å²) in [5, 5.41) is 9.29. The van der Waals surface area contributed by atoms with E-state index < -0.39 is 0 Å². The fourth-order valence-electron chi connectivity index (χ4n) is 3.73. The maximum Gasteiger partial charge on any atom is 0.165 e. The van der Waals surface area contributed by atoms with Gasteiger partial charge in [0.2, 0.25) is 0 Å². The molecule has 1 saturated heterocycles. The van der Waals surface area contributed by atoms with Crippen LogP contribution in [0.4, 0.5) is 0 Å². The van der Waals surface area contributed by atoms with Gasteiger partial charge >= 0.3 is 0 Å². The average molecular weight is 341 g/mol. The number of rotatable bonds is 7. The van der Waals surface area contributed by atoms with Crippen molar-refractivity contribution >= 4 is 0 Å². The van der Waals surface area contributed by atoms with Gasteiger partial charge in [0.05, 0.1) is 20.8 Å². The SMILES string of the molecule is COc1cccc(CN2CC[C@@H](Cc3cccc(CO)c3)C2)c1OC. The summed E-state index contributed by atoms with van der Waals surface area (Å²) in [6, 6.07) is 14.3. The minimum atomic E-state index is 0.111. The maximum atomic E-state index is 9.29. The molecule has 1 N–H and O–H groups in total. The van der Waals surface area contributed by atoms with Crippen LogP contribution in [0.2, 0.25) is 0 Å². The first kappa shape index (κ1) is 17.8. The van der Waals surface area contributed by atoms with Crippen molar-refractivity contribution in [2.75, 3.05) is 27.3 Å². The van der Waals surface area contributed by atoms with E-state index in [0.29, 0.717) is 5.92 Å². The molecule has 134 valence electrons. The van der Waals surface area contributed by atoms with E-state index in [-0.39, 0.29) is 6.61 Å². The Hall–Kier alpha value is -2.04. The second-order valence-corrected chi connectivity index (χ2v) is 6.72. The minimum Gasteiger partial charge on any atom is -0.493 e. The summed E-state index contributed by atoms with van der Waals surface area (Å²) in [4.78, 5) is 2.48. The molecule has 4 heteroatoms. The van der Waals surface area contributed by atoms with Gasteiger partial charge in [-0.3, -0.25) is 4.90 Å². The van der Waals surface area contributed by atoms with Crippen molar-refractivity contribution in [2.24, 2.45) is 5.92 Å². The molecule has 25 heavy (non-hydrogen) atoms. The fourth-order valence-corrected chi connectivity index (χ4v) is 3.73. The van der Waals surface area contributed by atoms with E-state index in [4.69, 9.17) is 9.47 Å². The zero-order valence-corrected chi connectivity index (χ0v) is 15.1. The largest absolute Gasteiger partial charge is 0.493 e. The molecule has 0 aromatic heterocycles. The van der Waals surface area contributed by atoms with Gasteiger partial charge < -0.3 is 14.6 Å². The monoisotopic (exact) mass is 341 g/mol. The van der Waals surface area contributed by atoms with E-state index in [1.54, 1.807) is 14.2 Å². The van der Waals surface area contributed by atoms with Crippen LogP contribution in [-0.4, -0.2) is 37.3 Å². The first-order valence-corrected chi connectivity index (χ1v) is 8.84. The van der Waals surface area contributed by atoms with E-state index in [1.165, 1.54) is 17.5 Å². The third-order valence-electron chi connectivity index (χ3n) is 4.95. The summed E-state index contributed by atoms with van der Waals surface area (Å²) in [5.74, 6) is 2.28. The van der Waals surface area contributed by atoms with Crippen molar-refractivity contribution in [3.05, 3.63) is 59.2 Å². The molecule has 3 rings (SSSR count). The van der Waals surface area contributed by atoms with Gasteiger partial charge in [0.1, 0.15) is 0 Å². The number of para-hydroxylation sites is 1. The van der Waals surface area contributed by atoms with Crippen LogP contribution in [0.25, 0.3) is 0 Å². The van der Waals surface area contributed by atoms with E-state index >= 15 is 0 Å². The van der Waals surface area contributed by atoms with Crippen LogP contribution in [0.5, 0.6) is 11.5 Å². The summed E-state index contributed by atoms with van der Waals surface area (Å²) in [6.07, 6.45) is 2.27. The Morgan fingerprint density at radius 1 is 1.08 bits per heavy atom. The van der Waals surface area contributed by atoms with Gasteiger partial charge in [-0.25, -0.2) is 0 Å². The second kappa shape index (κ2) is 8.37. The van der Waals surface area contributed by atoms with Crippen molar-refractivity contribution in [2.45, 2.75) is 26.0 Å². The predicted octanol–water partition coefficient (Wildman–Crippen LogP) is 3.26. The van der Waals surface area contributed by atoms with Crippen LogP contribution in [0.1, 0.15) is 23.1 Å². The predicted molar refractivity (Wildman–Crippen MR) is 99.0 cm³/mol. The molecular formula is C21H27NO3. The minimum absolute atomic E-state index is 0.111. The van der Waals surface area contributed by atoms with Gasteiger partial charge in [0.25, 0.3) is 0 Å². The molecule has 0 bridgehead atoms. The van der Waals surface area contributed by atoms with Gasteiger partial charge in [-0.05, 0) is 42.5 Å². The first-order valence-electron chi connectivity index (χ1n) is 8.84. The molecule has 0 amide bonds. The molecule has 4 nitrogen and oxygen atoms in total. The summed E-state index contributed by atoms with van der Waals surface area (Å²) in [6.45, 7) is 3.18. The third-order valence-corrected chi connectivity index (χ3v) is 4.95. The number of likely N-dealkylation sites (tertiary alicyclic amines) is 1. The van der Waals surface area contributed by atoms with Gasteiger partial charge in [0.15, 0.2) is 11.5 Å². The Morgan fingerprint density at radius 2 is 1.88 bits per heavy atom. The molecule has 0 radical (unpaired) electrons. The Bertz CT molecular complexity index is 701. The highest BCUT2D eigenvalue weighted by Crippen LogP contribution is 2.33. The summed E-state index contributed by atoms with van der Waals surface area (Å²) in [5.41, 5.74) is 3.48. The van der Waals surface area contributed by atoms with Crippen molar-refractivity contribution in [1.82, 2.24) is 4.90 Å². The van der Waals surface area contributed by atoms with Crippen molar-refractivity contribution in [3.63, 3.8) is 0 Å². The lowest BCUT2D eigenvalue weighted by atomic mass is 9.97. The fraction of sp³-hybridized carbons (Fsp3) is 0.429. The number of aliphatic hydroxyl groups excluding tert-OH is 1. The van der Waals surface area contributed by atoms with Gasteiger partial charge in [-0.15, -0.1) is 0 Å². The molecule has 0 spiro atoms. The van der Waals surface area contributed by atoms with Crippen LogP contribution < -0.4 is 9.47 Å². The molecule has 1 atom stereocenters. The van der Waals surface area contributed by atoms with Crippen LogP contribution in [-0.2, 0) is 19.6 Å². The van der Waals surface area contributed by atoms with Gasteiger partial charge in [-0.2, -0.15) is 0 Å². The van der Waals surface area contributed by atoms with Gasteiger partial charge in [0, 0.05) is 18.7 Å². The molecular weight excluding hydrogens is 314 g/mol. The molecule has 0 saturated carbocycles. The number of hydrogen-bond acceptors (Lipinski definition) is 4. The molecule has 0 unspecified atom stereocenters. The Balaban J connectivity index is 1.62. The Kier molecular flexibility index (Phi) is 5.95. The number of benzene rings is 2. The zero-order valence-electron chi connectivity index (χ0n) is 15.1. The smallest absolute Gasteiger partial charge is 0.165 e. The van der Waals surface area contributed by atoms with Crippen molar-refractivity contribution in [3.8, 4) is 11.5 Å². The van der Waals surface area contributed by atoms with E-state index in [9.17, 15) is 5.11 Å². The maximum absolute atomic E-state index is 9.29. The number of methoxy groups -OCH3 is 2. The van der Waals surface area contributed by atoms with Crippen molar-refractivity contribution in [1.29, 1.82) is 0 Å². The molecule has 1 aliphatic heterocycles. The number of aliphatic hydroxyl groups is 1. The highest BCUT2D eigenvalue weighted by Gasteiger charge is 2.24. The van der Waals surface area contributed by atoms with E-state index in [0.717, 1.165) is 43.1 Å². The number of ether oxygens (including phenoxy) is 2. The van der Waals surface area contributed by atoms with Gasteiger partial charge in [-0.1, -0.05) is 36.4 Å². The van der Waals surface area contributed by atoms with Crippen LogP contribution >= 0.6 is 0 Å². The molecule has 2 aromatic rings. The summed E-state index contributed by atoms with van der Waals surface area (Å²) < 4.78 is 10.9. The van der Waals surface area contributed by atoms with Crippen molar-refractivity contribution < 1.29 is 14.6 Å². The lowest BCUT2D eigenvalue weighted by Gasteiger charge is -2.19. The summed E-state index contributed by atoms with van der Waals surface area (Å²) >= 11 is 0. The van der Waals surface area contributed by atoms with Crippen LogP contribution in [0, 0.1) is 5.92 Å². The zero-order chi connectivity index (χ0) is 17.6. The topological polar surface area (TPSA) is 41.9 Å². The van der Waals surface area contributed by atoms with E-state index in [1.807, 2.05) is 24.3 Å². The quantitative estimate of drug-likeness (QED) is 0.839. The number of nitrogens with zero attached hydrogens (tertiary/aromatic N) is 1. The molecule has 1 fully saturated rings. The highest BCUT2D eigenvalue weighted by molar-refractivity contribution is 5.46. The lowest BCUT2D eigenvalue weighted by molar-refractivity contribution is 0.281. The van der Waals surface area contributed by atoms with E-state index in [2.05, 4.69) is 23.1 Å². The molecule has 2 aromatic carbocycles. The first-order chi connectivity index (χ1) is 12.2. The third kappa shape index (κ3) is 4.33. The normalized spacial score (nSPS) is 17.6. The second-order valence-electron chi connectivity index (χ2n) is 6.72. The molecule has 1 aliphatic rings. The molecule has 0 aliphatic carbocycles. The number of hydrogen-bond donors (Lipinski definition) is 1. The Morgan fingerprint density at radius 3 is 2.64 bits per heavy atom. The lowest BCUT2D eigenvalue weighted by Crippen LogP contribution is -2.21. The average Bonchev–Trinajstić information content (AvgIpc) is 3.08. The molecule has 1 heterocycles. The highest BCUT2D eigenvalue weighted by atomic mass is 16.5. The standard InChI is InChI=1S/C21H27NO3/c1-24-20-8-4-7-19(21(20)25-2)14-22-10-9-17(13-22)11-16-5-3-6-18(12-16)15-23/h3-8,12,17,23H,9-11,13-15H2,1-2H3/t17-/m0/s1. The Labute approximate surface area is 150 Å². The van der Waals surface area contributed by atoms with Crippen LogP contribution in [0.15, 0.2) is 42.5 Å². The van der Waals surface area contributed by atoms with Crippen LogP contribution in [0.3, 0.4) is 0 Å². The summed E-state index contributed by atoms with van der Waals surface area (Å²) in [7, 11) is 3.37.